The van der Waals surface area contributed by atoms with Crippen molar-refractivity contribution in [1.29, 1.82) is 0 Å². The van der Waals surface area contributed by atoms with Crippen molar-refractivity contribution in [3.63, 3.8) is 0 Å². The molecule has 0 saturated carbocycles. The lowest BCUT2D eigenvalue weighted by Crippen LogP contribution is -2.38. The van der Waals surface area contributed by atoms with Gasteiger partial charge in [0, 0.05) is 19.1 Å². The molecule has 0 aromatic heterocycles. The van der Waals surface area contributed by atoms with Gasteiger partial charge >= 0.3 is 0 Å². The van der Waals surface area contributed by atoms with Gasteiger partial charge in [-0.25, -0.2) is 4.39 Å². The molecule has 1 aromatic carbocycles. The summed E-state index contributed by atoms with van der Waals surface area (Å²) in [6, 6.07) is 3.91. The maximum Gasteiger partial charge on any atom is 0.238 e. The molecule has 20 heavy (non-hydrogen) atoms. The quantitative estimate of drug-likeness (QED) is 0.895. The molecule has 0 radical (unpaired) electrons. The van der Waals surface area contributed by atoms with Gasteiger partial charge in [-0.3, -0.25) is 14.5 Å². The lowest BCUT2D eigenvalue weighted by molar-refractivity contribution is -0.130. The van der Waals surface area contributed by atoms with Crippen LogP contribution in [0.4, 0.5) is 10.1 Å². The molecule has 0 atom stereocenters. The van der Waals surface area contributed by atoms with Crippen LogP contribution in [0.3, 0.4) is 0 Å². The fourth-order valence-corrected chi connectivity index (χ4v) is 1.63. The first-order valence-electron chi connectivity index (χ1n) is 5.93. The van der Waals surface area contributed by atoms with Crippen molar-refractivity contribution >= 4 is 29.1 Å². The molecule has 1 aromatic rings. The first-order valence-corrected chi connectivity index (χ1v) is 6.31. The Kier molecular flexibility index (Phi) is 5.91. The van der Waals surface area contributed by atoms with Crippen molar-refractivity contribution in [3.05, 3.63) is 29.0 Å². The molecule has 1 N–H and O–H groups in total. The van der Waals surface area contributed by atoms with E-state index in [9.17, 15) is 14.0 Å². The van der Waals surface area contributed by atoms with E-state index in [-0.39, 0.29) is 24.7 Å². The van der Waals surface area contributed by atoms with Crippen LogP contribution in [0, 0.1) is 5.82 Å². The molecule has 1 rings (SSSR count). The number of amides is 2. The van der Waals surface area contributed by atoms with Gasteiger partial charge in [-0.1, -0.05) is 11.6 Å². The van der Waals surface area contributed by atoms with Crippen LogP contribution in [-0.2, 0) is 9.59 Å². The molecule has 0 bridgehead atoms. The molecule has 110 valence electrons. The van der Waals surface area contributed by atoms with Crippen molar-refractivity contribution in [2.45, 2.75) is 0 Å². The van der Waals surface area contributed by atoms with Crippen LogP contribution >= 0.6 is 11.6 Å². The van der Waals surface area contributed by atoms with Gasteiger partial charge in [0.2, 0.25) is 11.8 Å². The first-order chi connectivity index (χ1) is 9.29. The van der Waals surface area contributed by atoms with Crippen molar-refractivity contribution in [3.8, 4) is 0 Å². The second kappa shape index (κ2) is 7.21. The van der Waals surface area contributed by atoms with Crippen LogP contribution in [0.2, 0.25) is 5.02 Å². The Balaban J connectivity index is 2.55. The Bertz CT molecular complexity index is 508. The van der Waals surface area contributed by atoms with Gasteiger partial charge in [0.1, 0.15) is 5.82 Å². The molecule has 0 heterocycles. The number of carbonyl (C=O) groups is 2. The van der Waals surface area contributed by atoms with Gasteiger partial charge in [0.05, 0.1) is 18.8 Å². The number of halogens is 2. The fraction of sp³-hybridized carbons (Fsp3) is 0.385. The van der Waals surface area contributed by atoms with Crippen LogP contribution in [0.15, 0.2) is 18.2 Å². The van der Waals surface area contributed by atoms with E-state index in [0.717, 1.165) is 0 Å². The number of benzene rings is 1. The molecule has 0 unspecified atom stereocenters. The second-order valence-corrected chi connectivity index (χ2v) is 5.07. The molecule has 0 fully saturated rings. The molecular formula is C13H17ClFN3O2. The summed E-state index contributed by atoms with van der Waals surface area (Å²) in [6.07, 6.45) is 0. The molecule has 0 spiro atoms. The maximum atomic E-state index is 13.4. The Morgan fingerprint density at radius 3 is 2.50 bits per heavy atom. The van der Waals surface area contributed by atoms with E-state index in [0.29, 0.717) is 5.02 Å². The minimum atomic E-state index is -0.560. The fourth-order valence-electron chi connectivity index (χ4n) is 1.46. The second-order valence-electron chi connectivity index (χ2n) is 4.63. The highest BCUT2D eigenvalue weighted by atomic mass is 35.5. The van der Waals surface area contributed by atoms with Gasteiger partial charge in [-0.15, -0.1) is 0 Å². The smallest absolute Gasteiger partial charge is 0.238 e. The van der Waals surface area contributed by atoms with E-state index >= 15 is 0 Å². The van der Waals surface area contributed by atoms with E-state index in [1.807, 2.05) is 0 Å². The van der Waals surface area contributed by atoms with Crippen molar-refractivity contribution < 1.29 is 14.0 Å². The summed E-state index contributed by atoms with van der Waals surface area (Å²) < 4.78 is 13.4. The van der Waals surface area contributed by atoms with E-state index in [4.69, 9.17) is 11.6 Å². The SMILES string of the molecule is CN(CC(=O)Nc1cc(Cl)ccc1F)CC(=O)N(C)C. The largest absolute Gasteiger partial charge is 0.348 e. The molecule has 0 aliphatic rings. The predicted octanol–water partition coefficient (Wildman–Crippen LogP) is 1.44. The number of hydrogen-bond donors (Lipinski definition) is 1. The van der Waals surface area contributed by atoms with Crippen molar-refractivity contribution in [1.82, 2.24) is 9.80 Å². The normalized spacial score (nSPS) is 10.5. The van der Waals surface area contributed by atoms with Crippen molar-refractivity contribution in [2.24, 2.45) is 0 Å². The summed E-state index contributed by atoms with van der Waals surface area (Å²) >= 11 is 5.73. The third-order valence-electron chi connectivity index (χ3n) is 2.52. The predicted molar refractivity (Wildman–Crippen MR) is 76.2 cm³/mol. The summed E-state index contributed by atoms with van der Waals surface area (Å²) in [4.78, 5) is 26.2. The summed E-state index contributed by atoms with van der Waals surface area (Å²) in [5.41, 5.74) is 0.0230. The zero-order valence-corrected chi connectivity index (χ0v) is 12.4. The Labute approximate surface area is 122 Å². The van der Waals surface area contributed by atoms with Gasteiger partial charge < -0.3 is 10.2 Å². The molecule has 0 aliphatic heterocycles. The van der Waals surface area contributed by atoms with Crippen molar-refractivity contribution in [2.75, 3.05) is 39.5 Å². The van der Waals surface area contributed by atoms with E-state index in [2.05, 4.69) is 5.32 Å². The minimum Gasteiger partial charge on any atom is -0.348 e. The van der Waals surface area contributed by atoms with Gasteiger partial charge in [-0.2, -0.15) is 0 Å². The number of anilines is 1. The summed E-state index contributed by atoms with van der Waals surface area (Å²) in [5, 5.41) is 2.75. The number of likely N-dealkylation sites (N-methyl/N-ethyl adjacent to an activating group) is 2. The number of nitrogens with zero attached hydrogens (tertiary/aromatic N) is 2. The molecule has 0 saturated heterocycles. The lowest BCUT2D eigenvalue weighted by Gasteiger charge is -2.18. The number of rotatable bonds is 5. The summed E-state index contributed by atoms with van der Waals surface area (Å²) in [5.74, 6) is -1.09. The van der Waals surface area contributed by atoms with E-state index in [1.54, 1.807) is 26.0 Å². The van der Waals surface area contributed by atoms with Crippen LogP contribution < -0.4 is 5.32 Å². The van der Waals surface area contributed by atoms with Crippen LogP contribution in [0.5, 0.6) is 0 Å². The highest BCUT2D eigenvalue weighted by molar-refractivity contribution is 6.30. The van der Waals surface area contributed by atoms with Crippen LogP contribution in [-0.4, -0.2) is 55.8 Å². The molecule has 2 amide bonds. The molecule has 5 nitrogen and oxygen atoms in total. The average molecular weight is 302 g/mol. The Hall–Kier alpha value is -1.66. The standard InChI is InChI=1S/C13H17ClFN3O2/c1-17(2)13(20)8-18(3)7-12(19)16-11-6-9(14)4-5-10(11)15/h4-6H,7-8H2,1-3H3,(H,16,19). The number of carbonyl (C=O) groups excluding carboxylic acids is 2. The topological polar surface area (TPSA) is 52.7 Å². The summed E-state index contributed by atoms with van der Waals surface area (Å²) in [7, 11) is 4.91. The van der Waals surface area contributed by atoms with Gasteiger partial charge in [0.15, 0.2) is 0 Å². The highest BCUT2D eigenvalue weighted by Crippen LogP contribution is 2.19. The Morgan fingerprint density at radius 1 is 1.25 bits per heavy atom. The molecule has 7 heteroatoms. The monoisotopic (exact) mass is 301 g/mol. The third kappa shape index (κ3) is 5.14. The van der Waals surface area contributed by atoms with Crippen LogP contribution in [0.25, 0.3) is 0 Å². The molecular weight excluding hydrogens is 285 g/mol. The average Bonchev–Trinajstić information content (AvgIpc) is 2.33. The minimum absolute atomic E-state index is 0.0223. The summed E-state index contributed by atoms with van der Waals surface area (Å²) in [6.45, 7) is 0.0873. The zero-order chi connectivity index (χ0) is 15.3. The first kappa shape index (κ1) is 16.4. The number of hydrogen-bond acceptors (Lipinski definition) is 3. The lowest BCUT2D eigenvalue weighted by atomic mass is 10.3. The Morgan fingerprint density at radius 2 is 1.90 bits per heavy atom. The number of nitrogens with one attached hydrogen (secondary N) is 1. The molecule has 0 aliphatic carbocycles. The highest BCUT2D eigenvalue weighted by Gasteiger charge is 2.13. The van der Waals surface area contributed by atoms with E-state index in [1.165, 1.54) is 23.1 Å². The van der Waals surface area contributed by atoms with Gasteiger partial charge in [0.25, 0.3) is 0 Å². The zero-order valence-electron chi connectivity index (χ0n) is 11.6. The van der Waals surface area contributed by atoms with Gasteiger partial charge in [-0.05, 0) is 25.2 Å². The maximum absolute atomic E-state index is 13.4. The van der Waals surface area contributed by atoms with Crippen LogP contribution in [0.1, 0.15) is 0 Å². The third-order valence-corrected chi connectivity index (χ3v) is 2.76. The van der Waals surface area contributed by atoms with E-state index < -0.39 is 11.7 Å².